The third-order valence-electron chi connectivity index (χ3n) is 8.03. The van der Waals surface area contributed by atoms with Gasteiger partial charge >= 0.3 is 0 Å². The summed E-state index contributed by atoms with van der Waals surface area (Å²) in [5.74, 6) is 0.271. The quantitative estimate of drug-likeness (QED) is 0.545. The molecule has 1 fully saturated rings. The van der Waals surface area contributed by atoms with E-state index in [9.17, 15) is 9.59 Å². The fourth-order valence-corrected chi connectivity index (χ4v) is 5.90. The van der Waals surface area contributed by atoms with Gasteiger partial charge in [-0.3, -0.25) is 19.2 Å². The first-order valence-corrected chi connectivity index (χ1v) is 13.3. The average Bonchev–Trinajstić information content (AvgIpc) is 3.32. The Morgan fingerprint density at radius 2 is 1.75 bits per heavy atom. The molecular formula is C29H37N5O2. The Morgan fingerprint density at radius 3 is 2.61 bits per heavy atom. The maximum Gasteiger partial charge on any atom is 0.226 e. The first-order chi connectivity index (χ1) is 17.5. The Hall–Kier alpha value is -3.19. The number of nitrogens with zero attached hydrogens (tertiary/aromatic N) is 5. The van der Waals surface area contributed by atoms with Gasteiger partial charge in [-0.2, -0.15) is 5.10 Å². The number of carbonyl (C=O) groups excluding carboxylic acids is 2. The van der Waals surface area contributed by atoms with Crippen LogP contribution in [0.4, 0.5) is 5.69 Å². The molecule has 3 aromatic rings. The summed E-state index contributed by atoms with van der Waals surface area (Å²) in [5.41, 5.74) is 3.03. The van der Waals surface area contributed by atoms with Crippen LogP contribution in [-0.4, -0.2) is 63.6 Å². The Kier molecular flexibility index (Phi) is 7.37. The van der Waals surface area contributed by atoms with Gasteiger partial charge in [-0.25, -0.2) is 0 Å². The minimum Gasteiger partial charge on any atom is -0.337 e. The van der Waals surface area contributed by atoms with Gasteiger partial charge in [0.05, 0.1) is 18.3 Å². The highest BCUT2D eigenvalue weighted by molar-refractivity contribution is 5.94. The number of benzene rings is 2. The summed E-state index contributed by atoms with van der Waals surface area (Å²) in [6.45, 7) is 4.41. The summed E-state index contributed by atoms with van der Waals surface area (Å²) in [6.07, 6.45) is 7.08. The number of rotatable bonds is 4. The Balaban J connectivity index is 1.43. The van der Waals surface area contributed by atoms with Crippen molar-refractivity contribution in [2.75, 3.05) is 25.0 Å². The molecule has 36 heavy (non-hydrogen) atoms. The lowest BCUT2D eigenvalue weighted by atomic mass is 9.93. The Labute approximate surface area is 213 Å². The van der Waals surface area contributed by atoms with Gasteiger partial charge in [0.2, 0.25) is 11.8 Å². The normalized spacial score (nSPS) is 21.2. The number of likely N-dealkylation sites (N-methyl/N-ethyl adjacent to an activating group) is 1. The number of hydrogen-bond acceptors (Lipinski definition) is 4. The van der Waals surface area contributed by atoms with E-state index >= 15 is 0 Å². The number of hydrogen-bond donors (Lipinski definition) is 0. The Morgan fingerprint density at radius 1 is 0.972 bits per heavy atom. The van der Waals surface area contributed by atoms with Gasteiger partial charge in [0.15, 0.2) is 0 Å². The molecule has 0 spiro atoms. The molecule has 2 amide bonds. The van der Waals surface area contributed by atoms with Crippen molar-refractivity contribution in [2.45, 2.75) is 70.6 Å². The number of aromatic nitrogens is 2. The summed E-state index contributed by atoms with van der Waals surface area (Å²) in [4.78, 5) is 33.2. The van der Waals surface area contributed by atoms with Crippen LogP contribution in [0.3, 0.4) is 0 Å². The summed E-state index contributed by atoms with van der Waals surface area (Å²) in [7, 11) is 2.20. The highest BCUT2D eigenvalue weighted by atomic mass is 16.2. The third kappa shape index (κ3) is 5.03. The van der Waals surface area contributed by atoms with Gasteiger partial charge in [0.1, 0.15) is 0 Å². The van der Waals surface area contributed by atoms with Crippen molar-refractivity contribution in [3.05, 3.63) is 60.3 Å². The molecular weight excluding hydrogens is 450 g/mol. The molecule has 5 rings (SSSR count). The molecule has 7 heteroatoms. The first kappa shape index (κ1) is 24.5. The van der Waals surface area contributed by atoms with E-state index in [0.29, 0.717) is 51.1 Å². The fourth-order valence-electron chi connectivity index (χ4n) is 5.90. The molecule has 7 nitrogen and oxygen atoms in total. The predicted molar refractivity (Wildman–Crippen MR) is 143 cm³/mol. The van der Waals surface area contributed by atoms with Crippen molar-refractivity contribution in [3.8, 4) is 0 Å². The van der Waals surface area contributed by atoms with Crippen molar-refractivity contribution >= 4 is 28.4 Å². The molecule has 0 radical (unpaired) electrons. The highest BCUT2D eigenvalue weighted by Crippen LogP contribution is 2.30. The molecule has 2 bridgehead atoms. The SMILES string of the molecule is CCC(=O)N1CCC2CCCC(CN(C(=O)CCn3ncc4ccccc43)Cc3ccccc31)N2C. The van der Waals surface area contributed by atoms with Crippen LogP contribution in [0.15, 0.2) is 54.7 Å². The number of amides is 2. The zero-order valence-corrected chi connectivity index (χ0v) is 21.5. The molecule has 2 aliphatic rings. The lowest BCUT2D eigenvalue weighted by Crippen LogP contribution is -2.50. The largest absolute Gasteiger partial charge is 0.337 e. The van der Waals surface area contributed by atoms with Gasteiger partial charge in [-0.15, -0.1) is 0 Å². The fraction of sp³-hybridized carbons (Fsp3) is 0.483. The zero-order chi connectivity index (χ0) is 25.1. The van der Waals surface area contributed by atoms with Crippen molar-refractivity contribution in [1.29, 1.82) is 0 Å². The number of piperidine rings is 1. The van der Waals surface area contributed by atoms with Crippen LogP contribution < -0.4 is 4.90 Å². The van der Waals surface area contributed by atoms with Crippen LogP contribution in [-0.2, 0) is 22.7 Å². The molecule has 2 atom stereocenters. The standard InChI is InChI=1S/C29H37N5O2/c1-3-28(35)33-17-15-24-11-8-12-25(31(24)2)21-32(20-23-10-5-6-13-26(23)33)29(36)16-18-34-27-14-7-4-9-22(27)19-30-34/h4-7,9-10,13-14,19,24-25H,3,8,11-12,15-18,20-21H2,1-2H3. The smallest absolute Gasteiger partial charge is 0.226 e. The second kappa shape index (κ2) is 10.8. The van der Waals surface area contributed by atoms with Crippen molar-refractivity contribution in [3.63, 3.8) is 0 Å². The van der Waals surface area contributed by atoms with Crippen LogP contribution in [0.5, 0.6) is 0 Å². The molecule has 1 aromatic heterocycles. The summed E-state index contributed by atoms with van der Waals surface area (Å²) in [5, 5.41) is 5.60. The molecule has 0 aliphatic carbocycles. The highest BCUT2D eigenvalue weighted by Gasteiger charge is 2.32. The predicted octanol–water partition coefficient (Wildman–Crippen LogP) is 4.45. The lowest BCUT2D eigenvalue weighted by molar-refractivity contribution is -0.133. The summed E-state index contributed by atoms with van der Waals surface area (Å²) < 4.78 is 1.93. The van der Waals surface area contributed by atoms with Gasteiger partial charge in [0.25, 0.3) is 0 Å². The molecule has 2 aliphatic heterocycles. The zero-order valence-electron chi connectivity index (χ0n) is 21.5. The van der Waals surface area contributed by atoms with E-state index in [1.807, 2.05) is 70.1 Å². The molecule has 0 N–H and O–H groups in total. The second-order valence-corrected chi connectivity index (χ2v) is 10.2. The van der Waals surface area contributed by atoms with Gasteiger partial charge in [0, 0.05) is 55.6 Å². The number of anilines is 1. The average molecular weight is 488 g/mol. The van der Waals surface area contributed by atoms with E-state index in [4.69, 9.17) is 0 Å². The van der Waals surface area contributed by atoms with Gasteiger partial charge in [-0.1, -0.05) is 49.7 Å². The Bertz CT molecular complexity index is 1220. The summed E-state index contributed by atoms with van der Waals surface area (Å²) >= 11 is 0. The molecule has 190 valence electrons. The van der Waals surface area contributed by atoms with Gasteiger partial charge in [-0.05, 0) is 44.0 Å². The summed E-state index contributed by atoms with van der Waals surface area (Å²) in [6, 6.07) is 17.0. The lowest BCUT2D eigenvalue weighted by Gasteiger charge is -2.42. The topological polar surface area (TPSA) is 61.7 Å². The molecule has 2 aromatic carbocycles. The minimum absolute atomic E-state index is 0.132. The van der Waals surface area contributed by atoms with E-state index in [-0.39, 0.29) is 11.8 Å². The van der Waals surface area contributed by atoms with E-state index in [1.54, 1.807) is 0 Å². The third-order valence-corrected chi connectivity index (χ3v) is 8.03. The van der Waals surface area contributed by atoms with E-state index in [1.165, 1.54) is 0 Å². The number of fused-ring (bicyclic) bond motifs is 4. The van der Waals surface area contributed by atoms with Crippen LogP contribution in [0.1, 0.15) is 51.0 Å². The number of aryl methyl sites for hydroxylation is 1. The maximum atomic E-state index is 13.7. The van der Waals surface area contributed by atoms with Crippen LogP contribution in [0.25, 0.3) is 10.9 Å². The van der Waals surface area contributed by atoms with Crippen LogP contribution >= 0.6 is 0 Å². The first-order valence-electron chi connectivity index (χ1n) is 13.3. The second-order valence-electron chi connectivity index (χ2n) is 10.2. The van der Waals surface area contributed by atoms with Crippen LogP contribution in [0, 0.1) is 0 Å². The maximum absolute atomic E-state index is 13.7. The van der Waals surface area contributed by atoms with E-state index < -0.39 is 0 Å². The molecule has 2 unspecified atom stereocenters. The number of carbonyl (C=O) groups is 2. The van der Waals surface area contributed by atoms with E-state index in [0.717, 1.165) is 47.8 Å². The minimum atomic E-state index is 0.132. The van der Waals surface area contributed by atoms with Crippen molar-refractivity contribution in [2.24, 2.45) is 0 Å². The van der Waals surface area contributed by atoms with E-state index in [2.05, 4.69) is 23.1 Å². The monoisotopic (exact) mass is 487 g/mol. The van der Waals surface area contributed by atoms with Crippen molar-refractivity contribution in [1.82, 2.24) is 19.6 Å². The molecule has 0 saturated carbocycles. The van der Waals surface area contributed by atoms with Crippen molar-refractivity contribution < 1.29 is 9.59 Å². The number of para-hydroxylation sites is 2. The van der Waals surface area contributed by atoms with Crippen LogP contribution in [0.2, 0.25) is 0 Å². The molecule has 3 heterocycles. The van der Waals surface area contributed by atoms with Gasteiger partial charge < -0.3 is 9.80 Å². The molecule has 1 saturated heterocycles.